The van der Waals surface area contributed by atoms with E-state index < -0.39 is 0 Å². The molecule has 51 heavy (non-hydrogen) atoms. The van der Waals surface area contributed by atoms with E-state index in [4.69, 9.17) is 4.42 Å². The summed E-state index contributed by atoms with van der Waals surface area (Å²) in [6.45, 7) is 0. The molecule has 0 amide bonds. The molecule has 240 valence electrons. The number of hydrogen-bond donors (Lipinski definition) is 0. The van der Waals surface area contributed by atoms with Crippen LogP contribution in [0.25, 0.3) is 75.5 Å². The van der Waals surface area contributed by atoms with E-state index in [1.165, 1.54) is 42.4 Å². The summed E-state index contributed by atoms with van der Waals surface area (Å²) in [6.07, 6.45) is 0. The fourth-order valence-electron chi connectivity index (χ4n) is 7.38. The first kappa shape index (κ1) is 29.5. The maximum Gasteiger partial charge on any atom is 0.137 e. The van der Waals surface area contributed by atoms with E-state index in [1.54, 1.807) is 0 Å². The Balaban J connectivity index is 1.18. The van der Waals surface area contributed by atoms with Gasteiger partial charge in [0.25, 0.3) is 0 Å². The van der Waals surface area contributed by atoms with Gasteiger partial charge in [-0.2, -0.15) is 0 Å². The normalized spacial score (nSPS) is 11.5. The van der Waals surface area contributed by atoms with E-state index in [-0.39, 0.29) is 0 Å². The molecule has 2 heterocycles. The minimum atomic E-state index is 0.872. The molecule has 0 unspecified atom stereocenters. The summed E-state index contributed by atoms with van der Waals surface area (Å²) in [4.78, 5) is 2.39. The van der Waals surface area contributed by atoms with Gasteiger partial charge >= 0.3 is 0 Å². The fraction of sp³-hybridized carbons (Fsp3) is 0. The number of para-hydroxylation sites is 1. The molecule has 3 heteroatoms. The molecule has 0 radical (unpaired) electrons. The fourth-order valence-corrected chi connectivity index (χ4v) is 8.47. The molecule has 2 aromatic heterocycles. The van der Waals surface area contributed by atoms with Crippen molar-refractivity contribution in [3.8, 4) is 33.4 Å². The average molecular weight is 670 g/mol. The molecule has 0 atom stereocenters. The molecule has 0 fully saturated rings. The van der Waals surface area contributed by atoms with Gasteiger partial charge in [-0.25, -0.2) is 0 Å². The highest BCUT2D eigenvalue weighted by Crippen LogP contribution is 2.46. The minimum absolute atomic E-state index is 0.872. The molecule has 8 aromatic carbocycles. The number of fused-ring (bicyclic) bond motifs is 6. The molecule has 0 aliphatic carbocycles. The Morgan fingerprint density at radius 3 is 1.73 bits per heavy atom. The average Bonchev–Trinajstić information content (AvgIpc) is 3.77. The smallest absolute Gasteiger partial charge is 0.137 e. The highest BCUT2D eigenvalue weighted by atomic mass is 32.1. The van der Waals surface area contributed by atoms with E-state index in [1.807, 2.05) is 23.5 Å². The summed E-state index contributed by atoms with van der Waals surface area (Å²) in [6, 6.07) is 67.5. The van der Waals surface area contributed by atoms with Crippen LogP contribution in [-0.2, 0) is 0 Å². The molecule has 0 bridgehead atoms. The molecule has 2 nitrogen and oxygen atoms in total. The van der Waals surface area contributed by atoms with Crippen LogP contribution in [-0.4, -0.2) is 0 Å². The molecule has 0 N–H and O–H groups in total. The van der Waals surface area contributed by atoms with Gasteiger partial charge in [0, 0.05) is 53.9 Å². The van der Waals surface area contributed by atoms with Crippen LogP contribution in [0.2, 0.25) is 0 Å². The number of nitrogens with zero attached hydrogens (tertiary/aromatic N) is 1. The maximum absolute atomic E-state index is 6.44. The first-order chi connectivity index (χ1) is 25.3. The lowest BCUT2D eigenvalue weighted by atomic mass is 9.95. The zero-order valence-corrected chi connectivity index (χ0v) is 28.5. The van der Waals surface area contributed by atoms with Gasteiger partial charge in [-0.3, -0.25) is 0 Å². The third-order valence-corrected chi connectivity index (χ3v) is 11.0. The first-order valence-corrected chi connectivity index (χ1v) is 18.1. The van der Waals surface area contributed by atoms with Crippen LogP contribution in [0.4, 0.5) is 17.1 Å². The molecular weight excluding hydrogens is 639 g/mol. The zero-order valence-electron chi connectivity index (χ0n) is 27.7. The summed E-state index contributed by atoms with van der Waals surface area (Å²) >= 11 is 1.84. The first-order valence-electron chi connectivity index (χ1n) is 17.2. The van der Waals surface area contributed by atoms with Crippen molar-refractivity contribution in [2.75, 3.05) is 4.90 Å². The topological polar surface area (TPSA) is 16.4 Å². The molecule has 0 aliphatic heterocycles. The van der Waals surface area contributed by atoms with E-state index in [0.717, 1.165) is 50.1 Å². The van der Waals surface area contributed by atoms with E-state index in [9.17, 15) is 0 Å². The lowest BCUT2D eigenvalue weighted by molar-refractivity contribution is 0.669. The van der Waals surface area contributed by atoms with Crippen LogP contribution < -0.4 is 4.90 Å². The van der Waals surface area contributed by atoms with Crippen LogP contribution in [0.15, 0.2) is 192 Å². The summed E-state index contributed by atoms with van der Waals surface area (Å²) in [5, 5.41) is 4.79. The van der Waals surface area contributed by atoms with Crippen LogP contribution in [0.1, 0.15) is 0 Å². The van der Waals surface area contributed by atoms with Gasteiger partial charge in [0.05, 0.1) is 5.69 Å². The molecule has 0 saturated carbocycles. The lowest BCUT2D eigenvalue weighted by Gasteiger charge is -2.28. The molecule has 0 saturated heterocycles. The van der Waals surface area contributed by atoms with E-state index >= 15 is 0 Å². The predicted octanol–water partition coefficient (Wildman–Crippen LogP) is 14.4. The van der Waals surface area contributed by atoms with Gasteiger partial charge in [0.1, 0.15) is 11.2 Å². The van der Waals surface area contributed by atoms with Gasteiger partial charge in [-0.15, -0.1) is 11.3 Å². The summed E-state index contributed by atoms with van der Waals surface area (Å²) in [5.41, 5.74) is 12.1. The molecular formula is C48H31NOS. The second kappa shape index (κ2) is 12.2. The Morgan fingerprint density at radius 1 is 0.353 bits per heavy atom. The Bertz CT molecular complexity index is 2850. The second-order valence-electron chi connectivity index (χ2n) is 12.9. The molecule has 10 rings (SSSR count). The highest BCUT2D eigenvalue weighted by Gasteiger charge is 2.21. The third kappa shape index (κ3) is 5.18. The van der Waals surface area contributed by atoms with Crippen molar-refractivity contribution in [1.82, 2.24) is 0 Å². The summed E-state index contributed by atoms with van der Waals surface area (Å²) in [7, 11) is 0. The molecule has 0 spiro atoms. The van der Waals surface area contributed by atoms with Gasteiger partial charge in [0.2, 0.25) is 0 Å². The second-order valence-corrected chi connectivity index (χ2v) is 14.0. The summed E-state index contributed by atoms with van der Waals surface area (Å²) < 4.78 is 9.02. The Morgan fingerprint density at radius 2 is 0.922 bits per heavy atom. The summed E-state index contributed by atoms with van der Waals surface area (Å²) in [5.74, 6) is 0. The Labute approximate surface area is 300 Å². The number of hydrogen-bond acceptors (Lipinski definition) is 3. The van der Waals surface area contributed by atoms with Crippen LogP contribution in [0, 0.1) is 0 Å². The molecule has 0 aliphatic rings. The van der Waals surface area contributed by atoms with Crippen molar-refractivity contribution < 1.29 is 4.42 Å². The van der Waals surface area contributed by atoms with Gasteiger partial charge < -0.3 is 9.32 Å². The Hall–Kier alpha value is -6.42. The van der Waals surface area contributed by atoms with Crippen molar-refractivity contribution >= 4 is 70.5 Å². The van der Waals surface area contributed by atoms with E-state index in [2.05, 4.69) is 181 Å². The standard InChI is InChI=1S/C48H31NOS/c1-3-11-32(12-4-1)33-19-21-34(22-20-33)36-23-27-44(42(29-36)35-13-5-2-6-14-35)49(37-25-28-48-43(30-37)41-16-8-10-18-47(41)51-48)38-24-26-40-39-15-7-9-17-45(39)50-46(40)31-38/h1-31H. The van der Waals surface area contributed by atoms with Gasteiger partial charge in [-0.1, -0.05) is 127 Å². The van der Waals surface area contributed by atoms with Crippen molar-refractivity contribution in [3.05, 3.63) is 188 Å². The Kier molecular flexibility index (Phi) is 7.04. The number of benzene rings is 8. The van der Waals surface area contributed by atoms with Crippen molar-refractivity contribution in [1.29, 1.82) is 0 Å². The van der Waals surface area contributed by atoms with Crippen LogP contribution >= 0.6 is 11.3 Å². The number of thiophene rings is 1. The SMILES string of the molecule is c1ccc(-c2ccc(-c3ccc(N(c4ccc5c(c4)oc4ccccc45)c4ccc5sc6ccccc6c5c4)c(-c4ccccc4)c3)cc2)cc1. The third-order valence-electron chi connectivity index (χ3n) is 9.89. The quantitative estimate of drug-likeness (QED) is 0.175. The van der Waals surface area contributed by atoms with Crippen LogP contribution in [0.3, 0.4) is 0 Å². The van der Waals surface area contributed by atoms with Gasteiger partial charge in [0.15, 0.2) is 0 Å². The van der Waals surface area contributed by atoms with Crippen molar-refractivity contribution in [3.63, 3.8) is 0 Å². The minimum Gasteiger partial charge on any atom is -0.456 e. The largest absolute Gasteiger partial charge is 0.456 e. The van der Waals surface area contributed by atoms with Crippen molar-refractivity contribution in [2.24, 2.45) is 0 Å². The number of furan rings is 1. The predicted molar refractivity (Wildman–Crippen MR) is 218 cm³/mol. The van der Waals surface area contributed by atoms with Crippen LogP contribution in [0.5, 0.6) is 0 Å². The number of rotatable bonds is 6. The lowest BCUT2D eigenvalue weighted by Crippen LogP contribution is -2.11. The monoisotopic (exact) mass is 669 g/mol. The number of anilines is 3. The van der Waals surface area contributed by atoms with E-state index in [0.29, 0.717) is 0 Å². The van der Waals surface area contributed by atoms with Gasteiger partial charge in [-0.05, 0) is 82.4 Å². The highest BCUT2D eigenvalue weighted by molar-refractivity contribution is 7.25. The maximum atomic E-state index is 6.44. The zero-order chi connectivity index (χ0) is 33.7. The van der Waals surface area contributed by atoms with Crippen molar-refractivity contribution in [2.45, 2.75) is 0 Å². The molecule has 10 aromatic rings.